The van der Waals surface area contributed by atoms with Gasteiger partial charge < -0.3 is 0 Å². The summed E-state index contributed by atoms with van der Waals surface area (Å²) in [6.07, 6.45) is 0. The molecule has 4 rings (SSSR count). The van der Waals surface area contributed by atoms with Gasteiger partial charge in [0.25, 0.3) is 5.78 Å². The van der Waals surface area contributed by atoms with Gasteiger partial charge in [-0.15, -0.1) is 16.4 Å². The number of nitrogens with zero attached hydrogens (tertiary/aromatic N) is 5. The van der Waals surface area contributed by atoms with E-state index in [1.807, 2.05) is 31.4 Å². The first kappa shape index (κ1) is 16.2. The summed E-state index contributed by atoms with van der Waals surface area (Å²) in [7, 11) is 0. The molecule has 0 radical (unpaired) electrons. The molecule has 3 heterocycles. The lowest BCUT2D eigenvalue weighted by Gasteiger charge is -1.97. The SMILES string of the molecule is Cc1cc(C)n2nc(SCc3csc(-c4ccccc4F)n3)nc2n1. The monoisotopic (exact) mass is 371 g/mol. The first-order chi connectivity index (χ1) is 12.1. The summed E-state index contributed by atoms with van der Waals surface area (Å²) in [5.74, 6) is 0.972. The number of aromatic nitrogens is 5. The number of thiazole rings is 1. The maximum Gasteiger partial charge on any atom is 0.253 e. The molecular formula is C17H14FN5S2. The summed E-state index contributed by atoms with van der Waals surface area (Å²) >= 11 is 2.93. The molecular weight excluding hydrogens is 357 g/mol. The van der Waals surface area contributed by atoms with E-state index in [1.165, 1.54) is 29.2 Å². The standard InChI is InChI=1S/C17H14FN5S2/c1-10-7-11(2)23-16(19-10)21-17(22-23)25-9-12-8-24-15(20-12)13-5-3-4-6-14(13)18/h3-8H,9H2,1-2H3. The van der Waals surface area contributed by atoms with Crippen molar-refractivity contribution in [3.63, 3.8) is 0 Å². The summed E-state index contributed by atoms with van der Waals surface area (Å²) in [5.41, 5.74) is 3.33. The smallest absolute Gasteiger partial charge is 0.240 e. The van der Waals surface area contributed by atoms with Gasteiger partial charge >= 0.3 is 0 Å². The van der Waals surface area contributed by atoms with Crippen LogP contribution in [0.4, 0.5) is 4.39 Å². The molecule has 0 fully saturated rings. The van der Waals surface area contributed by atoms with Gasteiger partial charge in [0.15, 0.2) is 0 Å². The number of halogens is 1. The minimum atomic E-state index is -0.255. The van der Waals surface area contributed by atoms with Crippen LogP contribution in [0, 0.1) is 19.7 Å². The normalized spacial score (nSPS) is 11.3. The van der Waals surface area contributed by atoms with Gasteiger partial charge in [-0.2, -0.15) is 4.98 Å². The highest BCUT2D eigenvalue weighted by Gasteiger charge is 2.12. The number of hydrogen-bond donors (Lipinski definition) is 0. The molecule has 0 bridgehead atoms. The van der Waals surface area contributed by atoms with Crippen molar-refractivity contribution in [2.75, 3.05) is 0 Å². The molecule has 25 heavy (non-hydrogen) atoms. The fourth-order valence-electron chi connectivity index (χ4n) is 2.48. The van der Waals surface area contributed by atoms with Gasteiger partial charge in [0.2, 0.25) is 5.16 Å². The molecule has 4 aromatic rings. The van der Waals surface area contributed by atoms with Crippen molar-refractivity contribution in [2.45, 2.75) is 24.8 Å². The number of aryl methyl sites for hydroxylation is 2. The Labute approximate surface area is 152 Å². The minimum absolute atomic E-state index is 0.255. The average molecular weight is 371 g/mol. The zero-order chi connectivity index (χ0) is 17.4. The van der Waals surface area contributed by atoms with Crippen molar-refractivity contribution >= 4 is 28.9 Å². The Bertz CT molecular complexity index is 1060. The van der Waals surface area contributed by atoms with Crippen molar-refractivity contribution in [1.29, 1.82) is 0 Å². The first-order valence-corrected chi connectivity index (χ1v) is 9.50. The molecule has 0 atom stereocenters. The fourth-order valence-corrected chi connectivity index (χ4v) is 4.14. The molecule has 5 nitrogen and oxygen atoms in total. The van der Waals surface area contributed by atoms with Gasteiger partial charge in [-0.25, -0.2) is 18.9 Å². The number of rotatable bonds is 4. The molecule has 0 amide bonds. The second kappa shape index (κ2) is 6.53. The van der Waals surface area contributed by atoms with E-state index < -0.39 is 0 Å². The molecule has 0 spiro atoms. The van der Waals surface area contributed by atoms with E-state index in [1.54, 1.807) is 16.6 Å². The summed E-state index contributed by atoms with van der Waals surface area (Å²) < 4.78 is 15.6. The van der Waals surface area contributed by atoms with Gasteiger partial charge in [0.1, 0.15) is 10.8 Å². The Morgan fingerprint density at radius 2 is 2.00 bits per heavy atom. The molecule has 0 saturated heterocycles. The van der Waals surface area contributed by atoms with Gasteiger partial charge in [0, 0.05) is 28.1 Å². The van der Waals surface area contributed by atoms with Crippen molar-refractivity contribution < 1.29 is 4.39 Å². The predicted molar refractivity (Wildman–Crippen MR) is 97.3 cm³/mol. The van der Waals surface area contributed by atoms with E-state index >= 15 is 0 Å². The Hall–Kier alpha value is -2.32. The number of fused-ring (bicyclic) bond motifs is 1. The van der Waals surface area contributed by atoms with Crippen molar-refractivity contribution in [3.8, 4) is 10.6 Å². The van der Waals surface area contributed by atoms with E-state index in [2.05, 4.69) is 20.1 Å². The van der Waals surface area contributed by atoms with Crippen LogP contribution in [0.1, 0.15) is 17.1 Å². The van der Waals surface area contributed by atoms with Crippen LogP contribution in [0.2, 0.25) is 0 Å². The lowest BCUT2D eigenvalue weighted by Crippen LogP contribution is -1.97. The highest BCUT2D eigenvalue weighted by Crippen LogP contribution is 2.28. The molecule has 3 aromatic heterocycles. The molecule has 126 valence electrons. The van der Waals surface area contributed by atoms with E-state index in [9.17, 15) is 4.39 Å². The van der Waals surface area contributed by atoms with Crippen molar-refractivity contribution in [1.82, 2.24) is 24.6 Å². The van der Waals surface area contributed by atoms with Crippen molar-refractivity contribution in [2.24, 2.45) is 0 Å². The van der Waals surface area contributed by atoms with Crippen LogP contribution in [-0.2, 0) is 5.75 Å². The topological polar surface area (TPSA) is 56.0 Å². The summed E-state index contributed by atoms with van der Waals surface area (Å²) in [6.45, 7) is 3.92. The maximum absolute atomic E-state index is 13.9. The predicted octanol–water partition coefficient (Wildman–Crippen LogP) is 4.30. The molecule has 0 N–H and O–H groups in total. The summed E-state index contributed by atoms with van der Waals surface area (Å²) in [4.78, 5) is 13.4. The van der Waals surface area contributed by atoms with E-state index in [0.29, 0.717) is 27.3 Å². The quantitative estimate of drug-likeness (QED) is 0.501. The lowest BCUT2D eigenvalue weighted by atomic mass is 10.2. The van der Waals surface area contributed by atoms with Crippen LogP contribution >= 0.6 is 23.1 Å². The van der Waals surface area contributed by atoms with E-state index in [4.69, 9.17) is 0 Å². The molecule has 0 aliphatic carbocycles. The second-order valence-corrected chi connectivity index (χ2v) is 7.36. The van der Waals surface area contributed by atoms with E-state index in [-0.39, 0.29) is 5.82 Å². The molecule has 0 aliphatic rings. The number of thioether (sulfide) groups is 1. The highest BCUT2D eigenvalue weighted by molar-refractivity contribution is 7.98. The Balaban J connectivity index is 1.52. The zero-order valence-electron chi connectivity index (χ0n) is 13.6. The Morgan fingerprint density at radius 1 is 1.16 bits per heavy atom. The second-order valence-electron chi connectivity index (χ2n) is 5.56. The largest absolute Gasteiger partial charge is 0.253 e. The van der Waals surface area contributed by atoms with Gasteiger partial charge in [-0.05, 0) is 32.0 Å². The maximum atomic E-state index is 13.9. The average Bonchev–Trinajstić information content (AvgIpc) is 3.20. The minimum Gasteiger partial charge on any atom is -0.240 e. The van der Waals surface area contributed by atoms with Gasteiger partial charge in [-0.1, -0.05) is 23.9 Å². The van der Waals surface area contributed by atoms with Crippen LogP contribution in [0.15, 0.2) is 40.9 Å². The third-order valence-electron chi connectivity index (χ3n) is 3.60. The molecule has 0 aliphatic heterocycles. The van der Waals surface area contributed by atoms with Crippen molar-refractivity contribution in [3.05, 3.63) is 58.6 Å². The van der Waals surface area contributed by atoms with E-state index in [0.717, 1.165) is 17.1 Å². The van der Waals surface area contributed by atoms with Gasteiger partial charge in [-0.3, -0.25) is 0 Å². The summed E-state index contributed by atoms with van der Waals surface area (Å²) in [6, 6.07) is 8.65. The molecule has 0 unspecified atom stereocenters. The molecule has 8 heteroatoms. The van der Waals surface area contributed by atoms with Crippen LogP contribution in [0.25, 0.3) is 16.3 Å². The third-order valence-corrected chi connectivity index (χ3v) is 5.40. The fraction of sp³-hybridized carbons (Fsp3) is 0.176. The number of benzene rings is 1. The highest BCUT2D eigenvalue weighted by atomic mass is 32.2. The summed E-state index contributed by atoms with van der Waals surface area (Å²) in [5, 5.41) is 7.75. The molecule has 1 aromatic carbocycles. The van der Waals surface area contributed by atoms with Crippen LogP contribution in [-0.4, -0.2) is 24.6 Å². The van der Waals surface area contributed by atoms with Crippen LogP contribution in [0.5, 0.6) is 0 Å². The zero-order valence-corrected chi connectivity index (χ0v) is 15.2. The van der Waals surface area contributed by atoms with Crippen LogP contribution < -0.4 is 0 Å². The number of hydrogen-bond acceptors (Lipinski definition) is 6. The Morgan fingerprint density at radius 3 is 2.84 bits per heavy atom. The van der Waals surface area contributed by atoms with Gasteiger partial charge in [0.05, 0.1) is 5.69 Å². The third kappa shape index (κ3) is 3.27. The molecule has 0 saturated carbocycles. The lowest BCUT2D eigenvalue weighted by molar-refractivity contribution is 0.631. The van der Waals surface area contributed by atoms with Crippen LogP contribution in [0.3, 0.4) is 0 Å². The first-order valence-electron chi connectivity index (χ1n) is 7.63. The Kier molecular flexibility index (Phi) is 4.22.